The van der Waals surface area contributed by atoms with Crippen molar-refractivity contribution in [2.24, 2.45) is 0 Å². The standard InChI is InChI=1S/C13H19NO3/c1-3-11(13(16)17-2)14-9-12(15)10-7-5-4-6-8-10/h4-8,11-12,14-15H,3,9H2,1-2H3. The van der Waals surface area contributed by atoms with Crippen LogP contribution in [0.4, 0.5) is 0 Å². The Balaban J connectivity index is 2.47. The highest BCUT2D eigenvalue weighted by atomic mass is 16.5. The zero-order chi connectivity index (χ0) is 12.7. The van der Waals surface area contributed by atoms with E-state index in [1.54, 1.807) is 0 Å². The Labute approximate surface area is 102 Å². The summed E-state index contributed by atoms with van der Waals surface area (Å²) in [6.45, 7) is 2.22. The van der Waals surface area contributed by atoms with Crippen molar-refractivity contribution >= 4 is 5.97 Å². The minimum Gasteiger partial charge on any atom is -0.468 e. The van der Waals surface area contributed by atoms with Crippen molar-refractivity contribution < 1.29 is 14.6 Å². The average Bonchev–Trinajstić information content (AvgIpc) is 2.39. The molecule has 0 saturated heterocycles. The molecule has 0 fully saturated rings. The zero-order valence-electron chi connectivity index (χ0n) is 10.2. The zero-order valence-corrected chi connectivity index (χ0v) is 10.2. The van der Waals surface area contributed by atoms with Gasteiger partial charge in [-0.3, -0.25) is 4.79 Å². The van der Waals surface area contributed by atoms with Gasteiger partial charge in [0.1, 0.15) is 6.04 Å². The van der Waals surface area contributed by atoms with E-state index in [1.165, 1.54) is 7.11 Å². The van der Waals surface area contributed by atoms with Crippen LogP contribution in [0.15, 0.2) is 30.3 Å². The normalized spacial score (nSPS) is 14.1. The summed E-state index contributed by atoms with van der Waals surface area (Å²) in [7, 11) is 1.36. The number of nitrogens with one attached hydrogen (secondary N) is 1. The van der Waals surface area contributed by atoms with Gasteiger partial charge in [0, 0.05) is 6.54 Å². The van der Waals surface area contributed by atoms with Gasteiger partial charge in [-0.05, 0) is 12.0 Å². The SMILES string of the molecule is CCC(NCC(O)c1ccccc1)C(=O)OC. The molecule has 1 aromatic rings. The highest BCUT2D eigenvalue weighted by Crippen LogP contribution is 2.11. The maximum Gasteiger partial charge on any atom is 0.322 e. The molecule has 0 bridgehead atoms. The second-order valence-electron chi connectivity index (χ2n) is 3.82. The average molecular weight is 237 g/mol. The third-order valence-electron chi connectivity index (χ3n) is 2.64. The molecular formula is C13H19NO3. The smallest absolute Gasteiger partial charge is 0.322 e. The molecule has 0 aliphatic rings. The Morgan fingerprint density at radius 2 is 2.06 bits per heavy atom. The van der Waals surface area contributed by atoms with Gasteiger partial charge in [0.2, 0.25) is 0 Å². The fraction of sp³-hybridized carbons (Fsp3) is 0.462. The van der Waals surface area contributed by atoms with Crippen LogP contribution < -0.4 is 5.32 Å². The molecule has 0 aliphatic heterocycles. The van der Waals surface area contributed by atoms with Crippen molar-refractivity contribution in [3.05, 3.63) is 35.9 Å². The van der Waals surface area contributed by atoms with Crippen LogP contribution in [0.2, 0.25) is 0 Å². The third-order valence-corrected chi connectivity index (χ3v) is 2.64. The van der Waals surface area contributed by atoms with E-state index in [9.17, 15) is 9.90 Å². The summed E-state index contributed by atoms with van der Waals surface area (Å²) in [6.07, 6.45) is 0.0173. The number of aliphatic hydroxyl groups is 1. The number of ether oxygens (including phenoxy) is 1. The lowest BCUT2D eigenvalue weighted by Crippen LogP contribution is -2.39. The number of aliphatic hydroxyl groups excluding tert-OH is 1. The molecular weight excluding hydrogens is 218 g/mol. The predicted octanol–water partition coefficient (Wildman–Crippen LogP) is 1.26. The van der Waals surface area contributed by atoms with Crippen LogP contribution in [0.3, 0.4) is 0 Å². The second-order valence-corrected chi connectivity index (χ2v) is 3.82. The van der Waals surface area contributed by atoms with Crippen LogP contribution in [0, 0.1) is 0 Å². The minimum absolute atomic E-state index is 0.298. The van der Waals surface area contributed by atoms with Gasteiger partial charge in [-0.1, -0.05) is 37.3 Å². The molecule has 17 heavy (non-hydrogen) atoms. The quantitative estimate of drug-likeness (QED) is 0.731. The first-order valence-corrected chi connectivity index (χ1v) is 5.73. The molecule has 0 aromatic heterocycles. The van der Waals surface area contributed by atoms with E-state index in [4.69, 9.17) is 0 Å². The van der Waals surface area contributed by atoms with E-state index in [-0.39, 0.29) is 12.0 Å². The summed E-state index contributed by atoms with van der Waals surface area (Å²) >= 11 is 0. The first kappa shape index (κ1) is 13.7. The first-order chi connectivity index (χ1) is 8.19. The molecule has 1 aromatic carbocycles. The van der Waals surface area contributed by atoms with Crippen LogP contribution >= 0.6 is 0 Å². The van der Waals surface area contributed by atoms with E-state index in [1.807, 2.05) is 37.3 Å². The highest BCUT2D eigenvalue weighted by Gasteiger charge is 2.17. The number of carbonyl (C=O) groups is 1. The summed E-state index contributed by atoms with van der Waals surface area (Å²) in [5, 5.41) is 12.9. The molecule has 0 heterocycles. The van der Waals surface area contributed by atoms with E-state index < -0.39 is 6.10 Å². The Kier molecular flexibility index (Phi) is 5.66. The number of carbonyl (C=O) groups excluding carboxylic acids is 1. The van der Waals surface area contributed by atoms with Crippen molar-refractivity contribution in [1.29, 1.82) is 0 Å². The molecule has 4 nitrogen and oxygen atoms in total. The van der Waals surface area contributed by atoms with Crippen molar-refractivity contribution in [1.82, 2.24) is 5.32 Å². The van der Waals surface area contributed by atoms with Crippen molar-refractivity contribution in [2.45, 2.75) is 25.5 Å². The molecule has 0 aliphatic carbocycles. The van der Waals surface area contributed by atoms with Gasteiger partial charge in [0.15, 0.2) is 0 Å². The maximum atomic E-state index is 11.3. The number of methoxy groups -OCH3 is 1. The molecule has 0 spiro atoms. The van der Waals surface area contributed by atoms with Gasteiger partial charge in [-0.2, -0.15) is 0 Å². The van der Waals surface area contributed by atoms with Crippen LogP contribution in [0.5, 0.6) is 0 Å². The van der Waals surface area contributed by atoms with Crippen molar-refractivity contribution in [2.75, 3.05) is 13.7 Å². The summed E-state index contributed by atoms with van der Waals surface area (Å²) in [6, 6.07) is 8.98. The number of rotatable bonds is 6. The second kappa shape index (κ2) is 7.04. The van der Waals surface area contributed by atoms with Crippen LogP contribution in [-0.2, 0) is 9.53 Å². The largest absolute Gasteiger partial charge is 0.468 e. The number of benzene rings is 1. The first-order valence-electron chi connectivity index (χ1n) is 5.73. The lowest BCUT2D eigenvalue weighted by atomic mass is 10.1. The fourth-order valence-electron chi connectivity index (χ4n) is 1.58. The Bertz CT molecular complexity index is 340. The predicted molar refractivity (Wildman–Crippen MR) is 65.5 cm³/mol. The Morgan fingerprint density at radius 1 is 1.41 bits per heavy atom. The van der Waals surface area contributed by atoms with Gasteiger partial charge in [0.25, 0.3) is 0 Å². The molecule has 0 radical (unpaired) electrons. The monoisotopic (exact) mass is 237 g/mol. The Hall–Kier alpha value is -1.39. The molecule has 2 unspecified atom stereocenters. The van der Waals surface area contributed by atoms with Gasteiger partial charge >= 0.3 is 5.97 Å². The van der Waals surface area contributed by atoms with Gasteiger partial charge in [-0.25, -0.2) is 0 Å². The number of hydrogen-bond donors (Lipinski definition) is 2. The van der Waals surface area contributed by atoms with Crippen molar-refractivity contribution in [3.8, 4) is 0 Å². The van der Waals surface area contributed by atoms with Gasteiger partial charge < -0.3 is 15.2 Å². The van der Waals surface area contributed by atoms with Gasteiger partial charge in [0.05, 0.1) is 13.2 Å². The molecule has 2 N–H and O–H groups in total. The molecule has 0 saturated carbocycles. The Morgan fingerprint density at radius 3 is 2.59 bits per heavy atom. The number of hydrogen-bond acceptors (Lipinski definition) is 4. The molecule has 4 heteroatoms. The van der Waals surface area contributed by atoms with E-state index in [0.29, 0.717) is 13.0 Å². The van der Waals surface area contributed by atoms with Crippen LogP contribution in [0.25, 0.3) is 0 Å². The van der Waals surface area contributed by atoms with Gasteiger partial charge in [-0.15, -0.1) is 0 Å². The maximum absolute atomic E-state index is 11.3. The van der Waals surface area contributed by atoms with Crippen molar-refractivity contribution in [3.63, 3.8) is 0 Å². The topological polar surface area (TPSA) is 58.6 Å². The van der Waals surface area contributed by atoms with Crippen LogP contribution in [0.1, 0.15) is 25.0 Å². The summed E-state index contributed by atoms with van der Waals surface area (Å²) in [4.78, 5) is 11.3. The fourth-order valence-corrected chi connectivity index (χ4v) is 1.58. The number of esters is 1. The summed E-state index contributed by atoms with van der Waals surface area (Å²) in [5.41, 5.74) is 0.833. The minimum atomic E-state index is -0.616. The highest BCUT2D eigenvalue weighted by molar-refractivity contribution is 5.75. The van der Waals surface area contributed by atoms with E-state index in [2.05, 4.69) is 10.1 Å². The lowest BCUT2D eigenvalue weighted by Gasteiger charge is -2.17. The molecule has 0 amide bonds. The molecule has 1 rings (SSSR count). The van der Waals surface area contributed by atoms with E-state index in [0.717, 1.165) is 5.56 Å². The molecule has 2 atom stereocenters. The van der Waals surface area contributed by atoms with E-state index >= 15 is 0 Å². The third kappa shape index (κ3) is 4.17. The lowest BCUT2D eigenvalue weighted by molar-refractivity contribution is -0.143. The summed E-state index contributed by atoms with van der Waals surface area (Å²) in [5.74, 6) is -0.298. The molecule has 94 valence electrons. The van der Waals surface area contributed by atoms with Crippen LogP contribution in [-0.4, -0.2) is 30.8 Å². The summed E-state index contributed by atoms with van der Waals surface area (Å²) < 4.78 is 4.66.